The average Bonchev–Trinajstić information content (AvgIpc) is 3.38. The van der Waals surface area contributed by atoms with Gasteiger partial charge < -0.3 is 15.1 Å². The Morgan fingerprint density at radius 1 is 0.926 bits per heavy atom. The number of carbonyl (C=O) groups is 2. The van der Waals surface area contributed by atoms with Crippen LogP contribution in [0.15, 0.2) is 54.6 Å². The molecule has 5 nitrogen and oxygen atoms in total. The highest BCUT2D eigenvalue weighted by molar-refractivity contribution is 5.96. The molecule has 0 aliphatic carbocycles. The first-order chi connectivity index (χ1) is 13.2. The Kier molecular flexibility index (Phi) is 5.10. The maximum atomic E-state index is 13.1. The molecule has 2 fully saturated rings. The standard InChI is InChI=1S/C22H25N3O2/c26-20-12-7-15-25(20)19-11-6-10-18(16-19)23-21(17-8-2-1-3-9-17)22(27)24-13-4-5-14-24/h1-3,6,8-11,16,21,23H,4-5,7,12-15H2. The van der Waals surface area contributed by atoms with E-state index in [1.54, 1.807) is 0 Å². The zero-order valence-corrected chi connectivity index (χ0v) is 15.4. The van der Waals surface area contributed by atoms with Gasteiger partial charge in [0.05, 0.1) is 0 Å². The second kappa shape index (κ2) is 7.82. The van der Waals surface area contributed by atoms with Crippen molar-refractivity contribution in [1.82, 2.24) is 4.90 Å². The number of anilines is 2. The van der Waals surface area contributed by atoms with Crippen molar-refractivity contribution in [1.29, 1.82) is 0 Å². The summed E-state index contributed by atoms with van der Waals surface area (Å²) in [5.74, 6) is 0.279. The number of hydrogen-bond acceptors (Lipinski definition) is 3. The summed E-state index contributed by atoms with van der Waals surface area (Å²) in [7, 11) is 0. The molecular weight excluding hydrogens is 338 g/mol. The lowest BCUT2D eigenvalue weighted by atomic mass is 10.0. The summed E-state index contributed by atoms with van der Waals surface area (Å²) in [6, 6.07) is 17.2. The Labute approximate surface area is 160 Å². The van der Waals surface area contributed by atoms with Crippen molar-refractivity contribution in [2.24, 2.45) is 0 Å². The molecule has 27 heavy (non-hydrogen) atoms. The summed E-state index contributed by atoms with van der Waals surface area (Å²) in [6.07, 6.45) is 3.65. The lowest BCUT2D eigenvalue weighted by Crippen LogP contribution is -2.36. The number of amides is 2. The quantitative estimate of drug-likeness (QED) is 0.883. The third-order valence-corrected chi connectivity index (χ3v) is 5.34. The average molecular weight is 363 g/mol. The topological polar surface area (TPSA) is 52.7 Å². The molecule has 2 heterocycles. The van der Waals surface area contributed by atoms with Gasteiger partial charge in [0.2, 0.25) is 11.8 Å². The van der Waals surface area contributed by atoms with Crippen molar-refractivity contribution < 1.29 is 9.59 Å². The molecule has 4 rings (SSSR count). The van der Waals surface area contributed by atoms with Crippen molar-refractivity contribution in [3.8, 4) is 0 Å². The molecule has 2 amide bonds. The minimum Gasteiger partial charge on any atom is -0.370 e. The van der Waals surface area contributed by atoms with Crippen LogP contribution in [-0.4, -0.2) is 36.3 Å². The van der Waals surface area contributed by atoms with Gasteiger partial charge in [-0.05, 0) is 43.0 Å². The lowest BCUT2D eigenvalue weighted by molar-refractivity contribution is -0.131. The number of hydrogen-bond donors (Lipinski definition) is 1. The molecule has 1 unspecified atom stereocenters. The van der Waals surface area contributed by atoms with Crippen LogP contribution in [0.2, 0.25) is 0 Å². The molecule has 2 saturated heterocycles. The van der Waals surface area contributed by atoms with Gasteiger partial charge in [-0.2, -0.15) is 0 Å². The zero-order chi connectivity index (χ0) is 18.6. The second-order valence-corrected chi connectivity index (χ2v) is 7.22. The third kappa shape index (κ3) is 3.82. The Bertz CT molecular complexity index is 815. The molecular formula is C22H25N3O2. The Hall–Kier alpha value is -2.82. The van der Waals surface area contributed by atoms with Crippen LogP contribution in [-0.2, 0) is 9.59 Å². The minimum atomic E-state index is -0.422. The SMILES string of the molecule is O=C(C(Nc1cccc(N2CCCC2=O)c1)c1ccccc1)N1CCCC1. The van der Waals surface area contributed by atoms with Crippen LogP contribution in [0.1, 0.15) is 37.3 Å². The van der Waals surface area contributed by atoms with Crippen molar-refractivity contribution >= 4 is 23.2 Å². The number of likely N-dealkylation sites (tertiary alicyclic amines) is 1. The van der Waals surface area contributed by atoms with E-state index in [1.807, 2.05) is 64.4 Å². The Morgan fingerprint density at radius 2 is 1.70 bits per heavy atom. The van der Waals surface area contributed by atoms with E-state index in [-0.39, 0.29) is 11.8 Å². The fourth-order valence-corrected chi connectivity index (χ4v) is 3.90. The molecule has 2 aromatic rings. The molecule has 2 aliphatic heterocycles. The lowest BCUT2D eigenvalue weighted by Gasteiger charge is -2.26. The van der Waals surface area contributed by atoms with Gasteiger partial charge >= 0.3 is 0 Å². The maximum absolute atomic E-state index is 13.1. The predicted molar refractivity (Wildman–Crippen MR) is 107 cm³/mol. The minimum absolute atomic E-state index is 0.112. The number of nitrogens with zero attached hydrogens (tertiary/aromatic N) is 2. The van der Waals surface area contributed by atoms with Crippen LogP contribution in [0, 0.1) is 0 Å². The summed E-state index contributed by atoms with van der Waals surface area (Å²) in [5, 5.41) is 3.42. The van der Waals surface area contributed by atoms with Gasteiger partial charge in [-0.25, -0.2) is 0 Å². The van der Waals surface area contributed by atoms with Gasteiger partial charge in [0.25, 0.3) is 0 Å². The van der Waals surface area contributed by atoms with Gasteiger partial charge in [0.1, 0.15) is 6.04 Å². The molecule has 1 N–H and O–H groups in total. The number of rotatable bonds is 5. The van der Waals surface area contributed by atoms with Crippen molar-refractivity contribution in [3.63, 3.8) is 0 Å². The van der Waals surface area contributed by atoms with Gasteiger partial charge in [-0.15, -0.1) is 0 Å². The van der Waals surface area contributed by atoms with E-state index in [0.29, 0.717) is 6.42 Å². The molecule has 0 spiro atoms. The summed E-state index contributed by atoms with van der Waals surface area (Å²) < 4.78 is 0. The molecule has 2 aliphatic rings. The second-order valence-electron chi connectivity index (χ2n) is 7.22. The molecule has 0 bridgehead atoms. The molecule has 0 aromatic heterocycles. The first-order valence-electron chi connectivity index (χ1n) is 9.73. The smallest absolute Gasteiger partial charge is 0.249 e. The van der Waals surface area contributed by atoms with Gasteiger partial charge in [-0.3, -0.25) is 9.59 Å². The molecule has 0 saturated carbocycles. The molecule has 1 atom stereocenters. The predicted octanol–water partition coefficient (Wildman–Crippen LogP) is 3.59. The van der Waals surface area contributed by atoms with Crippen LogP contribution >= 0.6 is 0 Å². The van der Waals surface area contributed by atoms with E-state index < -0.39 is 6.04 Å². The number of nitrogens with one attached hydrogen (secondary N) is 1. The van der Waals surface area contributed by atoms with Crippen molar-refractivity contribution in [2.45, 2.75) is 31.7 Å². The number of benzene rings is 2. The van der Waals surface area contributed by atoms with Gasteiger partial charge in [0, 0.05) is 37.4 Å². The fourth-order valence-electron chi connectivity index (χ4n) is 3.90. The highest BCUT2D eigenvalue weighted by Gasteiger charge is 2.28. The van der Waals surface area contributed by atoms with Crippen molar-refractivity contribution in [3.05, 3.63) is 60.2 Å². The molecule has 2 aromatic carbocycles. The van der Waals surface area contributed by atoms with E-state index in [4.69, 9.17) is 0 Å². The van der Waals surface area contributed by atoms with Crippen LogP contribution in [0.5, 0.6) is 0 Å². The first kappa shape index (κ1) is 17.6. The third-order valence-electron chi connectivity index (χ3n) is 5.34. The van der Waals surface area contributed by atoms with E-state index >= 15 is 0 Å². The van der Waals surface area contributed by atoms with Gasteiger partial charge in [0.15, 0.2) is 0 Å². The summed E-state index contributed by atoms with van der Waals surface area (Å²) in [5.41, 5.74) is 2.70. The highest BCUT2D eigenvalue weighted by Crippen LogP contribution is 2.28. The molecule has 5 heteroatoms. The summed E-state index contributed by atoms with van der Waals surface area (Å²) >= 11 is 0. The number of carbonyl (C=O) groups excluding carboxylic acids is 2. The van der Waals surface area contributed by atoms with Crippen LogP contribution < -0.4 is 10.2 Å². The maximum Gasteiger partial charge on any atom is 0.249 e. The molecule has 140 valence electrons. The Morgan fingerprint density at radius 3 is 2.41 bits per heavy atom. The van der Waals surface area contributed by atoms with Crippen LogP contribution in [0.3, 0.4) is 0 Å². The normalized spacial score (nSPS) is 18.0. The van der Waals surface area contributed by atoms with E-state index in [2.05, 4.69) is 5.32 Å². The monoisotopic (exact) mass is 363 g/mol. The van der Waals surface area contributed by atoms with E-state index in [0.717, 1.165) is 55.8 Å². The molecule has 0 radical (unpaired) electrons. The first-order valence-corrected chi connectivity index (χ1v) is 9.73. The van der Waals surface area contributed by atoms with Crippen molar-refractivity contribution in [2.75, 3.05) is 29.9 Å². The highest BCUT2D eigenvalue weighted by atomic mass is 16.2. The van der Waals surface area contributed by atoms with Crippen LogP contribution in [0.4, 0.5) is 11.4 Å². The summed E-state index contributed by atoms with van der Waals surface area (Å²) in [6.45, 7) is 2.41. The largest absolute Gasteiger partial charge is 0.370 e. The fraction of sp³-hybridized carbons (Fsp3) is 0.364. The summed E-state index contributed by atoms with van der Waals surface area (Å²) in [4.78, 5) is 29.0. The Balaban J connectivity index is 1.60. The van der Waals surface area contributed by atoms with Crippen LogP contribution in [0.25, 0.3) is 0 Å². The van der Waals surface area contributed by atoms with E-state index in [1.165, 1.54) is 0 Å². The van der Waals surface area contributed by atoms with E-state index in [9.17, 15) is 9.59 Å². The van der Waals surface area contributed by atoms with Gasteiger partial charge in [-0.1, -0.05) is 36.4 Å². The zero-order valence-electron chi connectivity index (χ0n) is 15.4.